The Morgan fingerprint density at radius 2 is 2.31 bits per heavy atom. The Labute approximate surface area is 86.2 Å². The van der Waals surface area contributed by atoms with Crippen LogP contribution in [0.4, 0.5) is 0 Å². The molecule has 2 nitrogen and oxygen atoms in total. The van der Waals surface area contributed by atoms with Gasteiger partial charge in [0.2, 0.25) is 0 Å². The van der Waals surface area contributed by atoms with E-state index in [0.717, 1.165) is 10.2 Å². The highest BCUT2D eigenvalue weighted by atomic mass is 79.9. The molecule has 1 aliphatic rings. The van der Waals surface area contributed by atoms with Crippen molar-refractivity contribution in [3.8, 4) is 5.75 Å². The van der Waals surface area contributed by atoms with Gasteiger partial charge in [0.15, 0.2) is 0 Å². The standard InChI is InChI=1S/C10H12BrNO/c1-6-8-4-7(11)2-3-9(8)13-10(6)5-12/h2-4,6,10H,5,12H2,1H3/t6-,10-/m0/s1. The van der Waals surface area contributed by atoms with Crippen molar-refractivity contribution in [2.75, 3.05) is 6.54 Å². The van der Waals surface area contributed by atoms with E-state index in [0.29, 0.717) is 12.5 Å². The Morgan fingerprint density at radius 3 is 3.00 bits per heavy atom. The molecule has 1 aliphatic heterocycles. The summed E-state index contributed by atoms with van der Waals surface area (Å²) in [6, 6.07) is 6.09. The van der Waals surface area contributed by atoms with Crippen LogP contribution in [-0.2, 0) is 0 Å². The van der Waals surface area contributed by atoms with Gasteiger partial charge in [-0.25, -0.2) is 0 Å². The molecule has 0 unspecified atom stereocenters. The van der Waals surface area contributed by atoms with Crippen LogP contribution in [-0.4, -0.2) is 12.6 Å². The molecule has 0 fully saturated rings. The fraction of sp³-hybridized carbons (Fsp3) is 0.400. The Kier molecular flexibility index (Phi) is 2.30. The van der Waals surface area contributed by atoms with Crippen molar-refractivity contribution in [2.24, 2.45) is 5.73 Å². The number of halogens is 1. The third-order valence-electron chi connectivity index (χ3n) is 2.53. The first-order chi connectivity index (χ1) is 6.22. The summed E-state index contributed by atoms with van der Waals surface area (Å²) in [5.41, 5.74) is 6.86. The smallest absolute Gasteiger partial charge is 0.123 e. The summed E-state index contributed by atoms with van der Waals surface area (Å²) in [5, 5.41) is 0. The van der Waals surface area contributed by atoms with Crippen molar-refractivity contribution in [1.82, 2.24) is 0 Å². The van der Waals surface area contributed by atoms with Crippen LogP contribution in [0, 0.1) is 0 Å². The second kappa shape index (κ2) is 3.31. The average molecular weight is 242 g/mol. The van der Waals surface area contributed by atoms with E-state index >= 15 is 0 Å². The van der Waals surface area contributed by atoms with E-state index in [9.17, 15) is 0 Å². The summed E-state index contributed by atoms with van der Waals surface area (Å²) in [6.45, 7) is 2.73. The first-order valence-corrected chi connectivity index (χ1v) is 5.18. The van der Waals surface area contributed by atoms with Gasteiger partial charge in [0, 0.05) is 22.5 Å². The lowest BCUT2D eigenvalue weighted by molar-refractivity contribution is 0.219. The zero-order valence-electron chi connectivity index (χ0n) is 7.46. The molecule has 0 aromatic heterocycles. The normalized spacial score (nSPS) is 25.5. The number of nitrogens with two attached hydrogens (primary N) is 1. The molecule has 1 heterocycles. The average Bonchev–Trinajstić information content (AvgIpc) is 2.44. The molecule has 13 heavy (non-hydrogen) atoms. The Bertz CT molecular complexity index is 327. The molecule has 0 saturated carbocycles. The summed E-state index contributed by atoms with van der Waals surface area (Å²) in [4.78, 5) is 0. The first-order valence-electron chi connectivity index (χ1n) is 4.38. The largest absolute Gasteiger partial charge is 0.488 e. The summed E-state index contributed by atoms with van der Waals surface area (Å²) in [7, 11) is 0. The van der Waals surface area contributed by atoms with Crippen LogP contribution < -0.4 is 10.5 Å². The van der Waals surface area contributed by atoms with Crippen LogP contribution >= 0.6 is 15.9 Å². The van der Waals surface area contributed by atoms with Crippen molar-refractivity contribution in [1.29, 1.82) is 0 Å². The summed E-state index contributed by atoms with van der Waals surface area (Å²) in [5.74, 6) is 1.38. The van der Waals surface area contributed by atoms with Gasteiger partial charge in [-0.1, -0.05) is 22.9 Å². The summed E-state index contributed by atoms with van der Waals surface area (Å²) < 4.78 is 6.77. The van der Waals surface area contributed by atoms with Crippen molar-refractivity contribution in [3.05, 3.63) is 28.2 Å². The van der Waals surface area contributed by atoms with Gasteiger partial charge in [-0.3, -0.25) is 0 Å². The van der Waals surface area contributed by atoms with Crippen LogP contribution in [0.2, 0.25) is 0 Å². The number of hydrogen-bond acceptors (Lipinski definition) is 2. The molecule has 0 radical (unpaired) electrons. The third-order valence-corrected chi connectivity index (χ3v) is 3.02. The maximum absolute atomic E-state index is 5.68. The molecular weight excluding hydrogens is 230 g/mol. The molecule has 2 rings (SSSR count). The predicted molar refractivity (Wildman–Crippen MR) is 56.0 cm³/mol. The van der Waals surface area contributed by atoms with E-state index in [1.807, 2.05) is 12.1 Å². The van der Waals surface area contributed by atoms with Crippen molar-refractivity contribution in [2.45, 2.75) is 18.9 Å². The number of hydrogen-bond donors (Lipinski definition) is 1. The van der Waals surface area contributed by atoms with Crippen LogP contribution in [0.15, 0.2) is 22.7 Å². The molecular formula is C10H12BrNO. The molecule has 2 N–H and O–H groups in total. The van der Waals surface area contributed by atoms with Crippen LogP contribution in [0.3, 0.4) is 0 Å². The van der Waals surface area contributed by atoms with Gasteiger partial charge in [0.25, 0.3) is 0 Å². The number of fused-ring (bicyclic) bond motifs is 1. The highest BCUT2D eigenvalue weighted by molar-refractivity contribution is 9.10. The minimum absolute atomic E-state index is 0.143. The fourth-order valence-electron chi connectivity index (χ4n) is 1.70. The lowest BCUT2D eigenvalue weighted by Gasteiger charge is -2.11. The first kappa shape index (κ1) is 9.03. The van der Waals surface area contributed by atoms with Crippen LogP contribution in [0.5, 0.6) is 5.75 Å². The van der Waals surface area contributed by atoms with E-state index in [1.165, 1.54) is 5.56 Å². The third kappa shape index (κ3) is 1.46. The zero-order valence-corrected chi connectivity index (χ0v) is 9.04. The Hall–Kier alpha value is -0.540. The maximum atomic E-state index is 5.68. The van der Waals surface area contributed by atoms with Gasteiger partial charge in [-0.05, 0) is 18.2 Å². The molecule has 0 bridgehead atoms. The monoisotopic (exact) mass is 241 g/mol. The molecule has 0 saturated heterocycles. The summed E-state index contributed by atoms with van der Waals surface area (Å²) in [6.07, 6.45) is 0.143. The second-order valence-corrected chi connectivity index (χ2v) is 4.28. The number of rotatable bonds is 1. The lowest BCUT2D eigenvalue weighted by atomic mass is 9.98. The van der Waals surface area contributed by atoms with Crippen molar-refractivity contribution < 1.29 is 4.74 Å². The van der Waals surface area contributed by atoms with Crippen LogP contribution in [0.25, 0.3) is 0 Å². The summed E-state index contributed by atoms with van der Waals surface area (Å²) >= 11 is 3.45. The van der Waals surface area contributed by atoms with Gasteiger partial charge in [-0.15, -0.1) is 0 Å². The number of ether oxygens (including phenoxy) is 1. The highest BCUT2D eigenvalue weighted by Crippen LogP contribution is 2.38. The zero-order chi connectivity index (χ0) is 9.42. The van der Waals surface area contributed by atoms with Gasteiger partial charge >= 0.3 is 0 Å². The molecule has 0 amide bonds. The highest BCUT2D eigenvalue weighted by Gasteiger charge is 2.29. The van der Waals surface area contributed by atoms with E-state index in [4.69, 9.17) is 10.5 Å². The van der Waals surface area contributed by atoms with Gasteiger partial charge in [0.05, 0.1) is 0 Å². The van der Waals surface area contributed by atoms with Crippen molar-refractivity contribution in [3.63, 3.8) is 0 Å². The predicted octanol–water partition coefficient (Wildman–Crippen LogP) is 2.27. The lowest BCUT2D eigenvalue weighted by Crippen LogP contribution is -2.26. The maximum Gasteiger partial charge on any atom is 0.123 e. The number of benzene rings is 1. The van der Waals surface area contributed by atoms with E-state index in [2.05, 4.69) is 28.9 Å². The van der Waals surface area contributed by atoms with Gasteiger partial charge in [-0.2, -0.15) is 0 Å². The molecule has 70 valence electrons. The quantitative estimate of drug-likeness (QED) is 0.819. The Balaban J connectivity index is 2.39. The van der Waals surface area contributed by atoms with Crippen molar-refractivity contribution >= 4 is 15.9 Å². The van der Waals surface area contributed by atoms with E-state index in [1.54, 1.807) is 0 Å². The van der Waals surface area contributed by atoms with E-state index in [-0.39, 0.29) is 6.10 Å². The van der Waals surface area contributed by atoms with Crippen LogP contribution in [0.1, 0.15) is 18.4 Å². The van der Waals surface area contributed by atoms with E-state index < -0.39 is 0 Å². The molecule has 3 heteroatoms. The van der Waals surface area contributed by atoms with Gasteiger partial charge < -0.3 is 10.5 Å². The van der Waals surface area contributed by atoms with Gasteiger partial charge in [0.1, 0.15) is 11.9 Å². The topological polar surface area (TPSA) is 35.2 Å². The molecule has 0 spiro atoms. The minimum Gasteiger partial charge on any atom is -0.488 e. The molecule has 1 aromatic rings. The SMILES string of the molecule is C[C@H]1c2cc(Br)ccc2O[C@H]1CN. The Morgan fingerprint density at radius 1 is 1.54 bits per heavy atom. The minimum atomic E-state index is 0.143. The molecule has 1 aromatic carbocycles. The fourth-order valence-corrected chi connectivity index (χ4v) is 2.08. The molecule has 2 atom stereocenters. The second-order valence-electron chi connectivity index (χ2n) is 3.36. The molecule has 0 aliphatic carbocycles.